The number of nitrogens with one attached hydrogen (secondary N) is 2. The second-order valence-electron chi connectivity index (χ2n) is 12.7. The van der Waals surface area contributed by atoms with Gasteiger partial charge in [-0.3, -0.25) is 14.4 Å². The fraction of sp³-hybridized carbons (Fsp3) is 0.531. The van der Waals surface area contributed by atoms with Gasteiger partial charge in [0.15, 0.2) is 0 Å². The summed E-state index contributed by atoms with van der Waals surface area (Å²) in [7, 11) is 0. The zero-order chi connectivity index (χ0) is 31.2. The lowest BCUT2D eigenvalue weighted by Crippen LogP contribution is -2.58. The Kier molecular flexibility index (Phi) is 7.83. The summed E-state index contributed by atoms with van der Waals surface area (Å²) >= 11 is 0. The number of ether oxygens (including phenoxy) is 2. The molecule has 4 heterocycles. The Bertz CT molecular complexity index is 1560. The summed E-state index contributed by atoms with van der Waals surface area (Å²) in [4.78, 5) is 44.1. The van der Waals surface area contributed by atoms with Crippen LogP contribution in [-0.4, -0.2) is 79.2 Å². The molecule has 3 aromatic rings. The first-order chi connectivity index (χ1) is 21.1. The Hall–Kier alpha value is -4.03. The minimum atomic E-state index is -1.22. The van der Waals surface area contributed by atoms with E-state index in [-0.39, 0.29) is 31.0 Å². The van der Waals surface area contributed by atoms with Crippen LogP contribution in [0.3, 0.4) is 0 Å². The molecule has 6 rings (SSSR count). The van der Waals surface area contributed by atoms with Crippen molar-refractivity contribution in [2.75, 3.05) is 18.5 Å². The van der Waals surface area contributed by atoms with E-state index < -0.39 is 41.0 Å². The number of carbonyl (C=O) groups excluding carboxylic acids is 3. The van der Waals surface area contributed by atoms with Gasteiger partial charge in [-0.15, -0.1) is 5.10 Å². The van der Waals surface area contributed by atoms with Crippen molar-refractivity contribution in [3.63, 3.8) is 0 Å². The molecule has 3 saturated heterocycles. The molecule has 3 aliphatic heterocycles. The monoisotopic (exact) mass is 604 g/mol. The Morgan fingerprint density at radius 2 is 1.89 bits per heavy atom. The van der Waals surface area contributed by atoms with E-state index in [0.717, 1.165) is 5.52 Å². The molecule has 12 heteroatoms. The smallest absolute Gasteiger partial charge is 0.247 e. The molecule has 2 unspecified atom stereocenters. The lowest BCUT2D eigenvalue weighted by Gasteiger charge is -2.37. The Morgan fingerprint density at radius 3 is 2.59 bits per heavy atom. The van der Waals surface area contributed by atoms with Crippen LogP contribution in [0.15, 0.2) is 48.5 Å². The quantitative estimate of drug-likeness (QED) is 0.303. The number of aliphatic hydroxyl groups is 1. The van der Waals surface area contributed by atoms with Gasteiger partial charge in [0.2, 0.25) is 17.7 Å². The summed E-state index contributed by atoms with van der Waals surface area (Å²) in [6, 6.07) is 12.8. The number of aliphatic hydroxyl groups excluding tert-OH is 1. The van der Waals surface area contributed by atoms with Gasteiger partial charge in [0.25, 0.3) is 0 Å². The normalized spacial score (nSPS) is 28.0. The van der Waals surface area contributed by atoms with Gasteiger partial charge in [-0.2, -0.15) is 0 Å². The number of anilines is 1. The number of nitrogens with zero attached hydrogens (tertiary/aromatic N) is 4. The van der Waals surface area contributed by atoms with E-state index >= 15 is 0 Å². The van der Waals surface area contributed by atoms with Crippen LogP contribution in [0.25, 0.3) is 11.0 Å². The number of carbonyl (C=O) groups is 3. The van der Waals surface area contributed by atoms with Crippen LogP contribution in [0.2, 0.25) is 0 Å². The third kappa shape index (κ3) is 4.89. The second-order valence-corrected chi connectivity index (χ2v) is 12.7. The molecule has 1 aromatic heterocycles. The van der Waals surface area contributed by atoms with Crippen LogP contribution in [0, 0.1) is 17.8 Å². The Labute approximate surface area is 256 Å². The number of hydrogen-bond acceptors (Lipinski definition) is 8. The summed E-state index contributed by atoms with van der Waals surface area (Å²) in [6.45, 7) is 8.01. The Balaban J connectivity index is 1.32. The zero-order valence-electron chi connectivity index (χ0n) is 25.5. The molecule has 0 radical (unpaired) electrons. The summed E-state index contributed by atoms with van der Waals surface area (Å²) in [5.74, 6) is -1.96. The average Bonchev–Trinajstić information content (AvgIpc) is 3.71. The number of fused-ring (bicyclic) bond motifs is 2. The first kappa shape index (κ1) is 30.0. The number of hydrogen-bond donors (Lipinski definition) is 3. The fourth-order valence-electron chi connectivity index (χ4n) is 7.58. The maximum absolute atomic E-state index is 14.4. The van der Waals surface area contributed by atoms with Crippen molar-refractivity contribution in [1.29, 1.82) is 0 Å². The third-order valence-corrected chi connectivity index (χ3v) is 9.35. The molecule has 6 atom stereocenters. The van der Waals surface area contributed by atoms with E-state index in [2.05, 4.69) is 20.9 Å². The molecule has 12 nitrogen and oxygen atoms in total. The minimum absolute atomic E-state index is 0.0333. The highest BCUT2D eigenvalue weighted by atomic mass is 16.5. The van der Waals surface area contributed by atoms with E-state index in [4.69, 9.17) is 9.47 Å². The van der Waals surface area contributed by atoms with Crippen molar-refractivity contribution in [3.8, 4) is 5.75 Å². The minimum Gasteiger partial charge on any atom is -0.494 e. The van der Waals surface area contributed by atoms with Crippen molar-refractivity contribution < 1.29 is 29.0 Å². The lowest BCUT2D eigenvalue weighted by molar-refractivity contribution is -0.149. The van der Waals surface area contributed by atoms with Crippen LogP contribution in [0.4, 0.5) is 5.69 Å². The molecule has 234 valence electrons. The highest BCUT2D eigenvalue weighted by Crippen LogP contribution is 2.63. The maximum Gasteiger partial charge on any atom is 0.247 e. The maximum atomic E-state index is 14.4. The van der Waals surface area contributed by atoms with Crippen molar-refractivity contribution in [3.05, 3.63) is 48.5 Å². The molecule has 0 aliphatic carbocycles. The molecule has 3 amide bonds. The molecule has 3 N–H and O–H groups in total. The SMILES string of the molecule is CCOc1ccc(NC(=O)[C@H]2[C@H]3C(=O)N([C@@H](CO)CC(C)C)C(C(=O)NCn4nnc5ccccc54)C34CC[C@]2(C)O4)cc1. The van der Waals surface area contributed by atoms with Gasteiger partial charge in [-0.1, -0.05) is 31.2 Å². The predicted octanol–water partition coefficient (Wildman–Crippen LogP) is 2.71. The summed E-state index contributed by atoms with van der Waals surface area (Å²) in [6.07, 6.45) is 1.44. The number of amides is 3. The van der Waals surface area contributed by atoms with Gasteiger partial charge in [-0.05, 0) is 75.4 Å². The topological polar surface area (TPSA) is 148 Å². The van der Waals surface area contributed by atoms with Crippen LogP contribution in [0.5, 0.6) is 5.75 Å². The molecule has 3 fully saturated rings. The van der Waals surface area contributed by atoms with Gasteiger partial charge in [0.05, 0.1) is 42.2 Å². The van der Waals surface area contributed by atoms with Crippen molar-refractivity contribution in [2.45, 2.75) is 76.9 Å². The molecule has 2 bridgehead atoms. The van der Waals surface area contributed by atoms with Crippen LogP contribution < -0.4 is 15.4 Å². The number of aromatic nitrogens is 3. The first-order valence-electron chi connectivity index (χ1n) is 15.3. The van der Waals surface area contributed by atoms with E-state index in [1.54, 1.807) is 28.9 Å². The zero-order valence-corrected chi connectivity index (χ0v) is 25.5. The molecule has 0 saturated carbocycles. The molecular weight excluding hydrogens is 564 g/mol. The van der Waals surface area contributed by atoms with E-state index in [1.807, 2.05) is 52.0 Å². The molecule has 2 aromatic carbocycles. The van der Waals surface area contributed by atoms with Gasteiger partial charge in [0, 0.05) is 5.69 Å². The first-order valence-corrected chi connectivity index (χ1v) is 15.3. The summed E-state index contributed by atoms with van der Waals surface area (Å²) in [5, 5.41) is 24.7. The molecule has 44 heavy (non-hydrogen) atoms. The average molecular weight is 605 g/mol. The van der Waals surface area contributed by atoms with Gasteiger partial charge >= 0.3 is 0 Å². The van der Waals surface area contributed by atoms with Gasteiger partial charge < -0.3 is 30.1 Å². The van der Waals surface area contributed by atoms with Crippen LogP contribution in [0.1, 0.15) is 47.0 Å². The van der Waals surface area contributed by atoms with Crippen LogP contribution in [-0.2, 0) is 25.8 Å². The number of rotatable bonds is 11. The number of para-hydroxylation sites is 1. The molecule has 3 aliphatic rings. The summed E-state index contributed by atoms with van der Waals surface area (Å²) < 4.78 is 13.8. The summed E-state index contributed by atoms with van der Waals surface area (Å²) in [5.41, 5.74) is -0.125. The van der Waals surface area contributed by atoms with E-state index in [0.29, 0.717) is 42.8 Å². The number of likely N-dealkylation sites (tertiary alicyclic amines) is 1. The van der Waals surface area contributed by atoms with Crippen LogP contribution >= 0.6 is 0 Å². The molecular formula is C32H40N6O6. The largest absolute Gasteiger partial charge is 0.494 e. The van der Waals surface area contributed by atoms with E-state index in [9.17, 15) is 19.5 Å². The number of benzene rings is 2. The van der Waals surface area contributed by atoms with Crippen molar-refractivity contribution in [1.82, 2.24) is 25.2 Å². The third-order valence-electron chi connectivity index (χ3n) is 9.35. The highest BCUT2D eigenvalue weighted by molar-refractivity contribution is 6.02. The van der Waals surface area contributed by atoms with Gasteiger partial charge in [0.1, 0.15) is 29.6 Å². The highest BCUT2D eigenvalue weighted by Gasteiger charge is 2.78. The van der Waals surface area contributed by atoms with Gasteiger partial charge in [-0.25, -0.2) is 4.68 Å². The Morgan fingerprint density at radius 1 is 1.14 bits per heavy atom. The standard InChI is InChI=1S/C32H40N6O6/c1-5-43-22-12-10-20(11-13-22)34-28(40)25-26-30(42)38(21(17-39)16-19(2)3)27(32(26)15-14-31(25,4)44-32)29(41)33-18-37-24-9-7-6-8-23(24)35-36-37/h6-13,19,21,25-27,39H,5,14-18H2,1-4H3,(H,33,41)(H,34,40)/t21-,25-,26+,27?,31+,32?/m1/s1. The lowest BCUT2D eigenvalue weighted by atomic mass is 9.66. The second kappa shape index (κ2) is 11.5. The fourth-order valence-corrected chi connectivity index (χ4v) is 7.58. The van der Waals surface area contributed by atoms with Crippen molar-refractivity contribution in [2.24, 2.45) is 17.8 Å². The predicted molar refractivity (Wildman–Crippen MR) is 161 cm³/mol. The van der Waals surface area contributed by atoms with Crippen molar-refractivity contribution >= 4 is 34.4 Å². The van der Waals surface area contributed by atoms with E-state index in [1.165, 1.54) is 4.90 Å². The molecule has 1 spiro atoms.